The number of halogens is 2. The lowest BCUT2D eigenvalue weighted by Gasteiger charge is -2.08. The van der Waals surface area contributed by atoms with Crippen molar-refractivity contribution >= 4 is 11.6 Å². The van der Waals surface area contributed by atoms with Gasteiger partial charge in [-0.1, -0.05) is 18.5 Å². The summed E-state index contributed by atoms with van der Waals surface area (Å²) >= 11 is 5.69. The summed E-state index contributed by atoms with van der Waals surface area (Å²) in [7, 11) is 0. The third kappa shape index (κ3) is 3.65. The van der Waals surface area contributed by atoms with Gasteiger partial charge in [0.2, 0.25) is 0 Å². The third-order valence-electron chi connectivity index (χ3n) is 2.72. The Bertz CT molecular complexity index is 607. The molecule has 0 unspecified atom stereocenters. The largest absolute Gasteiger partial charge is 0.424 e. The maximum absolute atomic E-state index is 13.0. The molecule has 1 N–H and O–H groups in total. The number of nitrogens with zero attached hydrogens (tertiary/aromatic N) is 2. The first-order valence-corrected chi connectivity index (χ1v) is 6.64. The molecule has 0 aliphatic rings. The molecule has 1 aromatic carbocycles. The van der Waals surface area contributed by atoms with Gasteiger partial charge in [-0.2, -0.15) is 4.98 Å². The molecule has 0 saturated carbocycles. The molecule has 0 atom stereocenters. The van der Waals surface area contributed by atoms with Crippen molar-refractivity contribution in [3.05, 3.63) is 46.5 Å². The molecule has 1 aromatic heterocycles. The van der Waals surface area contributed by atoms with Crippen molar-refractivity contribution < 1.29 is 9.13 Å². The summed E-state index contributed by atoms with van der Waals surface area (Å²) in [5.41, 5.74) is 1.85. The van der Waals surface area contributed by atoms with Crippen LogP contribution in [0, 0.1) is 12.7 Å². The highest BCUT2D eigenvalue weighted by Crippen LogP contribution is 2.24. The van der Waals surface area contributed by atoms with E-state index in [4.69, 9.17) is 16.3 Å². The van der Waals surface area contributed by atoms with Crippen LogP contribution in [0.1, 0.15) is 18.2 Å². The van der Waals surface area contributed by atoms with E-state index in [1.54, 1.807) is 6.20 Å². The number of benzene rings is 1. The van der Waals surface area contributed by atoms with Crippen LogP contribution < -0.4 is 10.1 Å². The molecule has 0 radical (unpaired) electrons. The van der Waals surface area contributed by atoms with Crippen molar-refractivity contribution in [2.45, 2.75) is 20.4 Å². The van der Waals surface area contributed by atoms with E-state index in [9.17, 15) is 4.39 Å². The van der Waals surface area contributed by atoms with Gasteiger partial charge in [-0.05, 0) is 25.6 Å². The summed E-state index contributed by atoms with van der Waals surface area (Å²) in [4.78, 5) is 8.39. The molecule has 6 heteroatoms. The minimum absolute atomic E-state index is 0.00277. The van der Waals surface area contributed by atoms with Crippen LogP contribution in [-0.2, 0) is 6.54 Å². The molecule has 0 saturated heterocycles. The van der Waals surface area contributed by atoms with E-state index >= 15 is 0 Å². The fourth-order valence-electron chi connectivity index (χ4n) is 1.60. The minimum atomic E-state index is -0.489. The first-order chi connectivity index (χ1) is 9.60. The Hall–Kier alpha value is -1.72. The second-order valence-corrected chi connectivity index (χ2v) is 4.63. The van der Waals surface area contributed by atoms with Crippen LogP contribution in [-0.4, -0.2) is 16.5 Å². The number of nitrogens with one attached hydrogen (secondary N) is 1. The van der Waals surface area contributed by atoms with E-state index in [1.807, 2.05) is 13.8 Å². The summed E-state index contributed by atoms with van der Waals surface area (Å²) in [6.07, 6.45) is 1.71. The third-order valence-corrected chi connectivity index (χ3v) is 3.01. The summed E-state index contributed by atoms with van der Waals surface area (Å²) < 4.78 is 18.5. The van der Waals surface area contributed by atoms with Crippen LogP contribution >= 0.6 is 11.6 Å². The molecular weight excluding hydrogens is 281 g/mol. The first-order valence-electron chi connectivity index (χ1n) is 6.26. The van der Waals surface area contributed by atoms with Crippen molar-refractivity contribution in [1.29, 1.82) is 0 Å². The molecule has 0 bridgehead atoms. The highest BCUT2D eigenvalue weighted by Gasteiger charge is 2.07. The molecule has 0 aliphatic heterocycles. The van der Waals surface area contributed by atoms with Crippen molar-refractivity contribution in [1.82, 2.24) is 15.3 Å². The fourth-order valence-corrected chi connectivity index (χ4v) is 1.77. The average molecular weight is 296 g/mol. The van der Waals surface area contributed by atoms with Crippen molar-refractivity contribution in [3.63, 3.8) is 0 Å². The molecule has 4 nitrogen and oxygen atoms in total. The highest BCUT2D eigenvalue weighted by molar-refractivity contribution is 6.30. The molecule has 0 aliphatic carbocycles. The van der Waals surface area contributed by atoms with E-state index in [1.165, 1.54) is 18.2 Å². The molecule has 106 valence electrons. The summed E-state index contributed by atoms with van der Waals surface area (Å²) in [6.45, 7) is 5.52. The molecule has 2 aromatic rings. The number of aromatic nitrogens is 2. The van der Waals surface area contributed by atoms with Gasteiger partial charge in [-0.15, -0.1) is 0 Å². The smallest absolute Gasteiger partial charge is 0.322 e. The lowest BCUT2D eigenvalue weighted by atomic mass is 10.2. The Kier molecular flexibility index (Phi) is 4.87. The topological polar surface area (TPSA) is 47.0 Å². The van der Waals surface area contributed by atoms with E-state index in [0.717, 1.165) is 17.8 Å². The number of hydrogen-bond donors (Lipinski definition) is 1. The maximum atomic E-state index is 13.0. The Labute approximate surface area is 122 Å². The normalized spacial score (nSPS) is 10.6. The van der Waals surface area contributed by atoms with E-state index < -0.39 is 5.82 Å². The van der Waals surface area contributed by atoms with Crippen molar-refractivity contribution in [2.24, 2.45) is 0 Å². The average Bonchev–Trinajstić information content (AvgIpc) is 2.42. The predicted octanol–water partition coefficient (Wildman–Crippen LogP) is 3.48. The zero-order chi connectivity index (χ0) is 14.5. The number of aryl methyl sites for hydroxylation is 1. The van der Waals surface area contributed by atoms with Crippen LogP contribution in [0.4, 0.5) is 4.39 Å². The Morgan fingerprint density at radius 3 is 2.85 bits per heavy atom. The molecule has 0 fully saturated rings. The van der Waals surface area contributed by atoms with Gasteiger partial charge in [0.25, 0.3) is 0 Å². The van der Waals surface area contributed by atoms with Crippen LogP contribution in [0.5, 0.6) is 11.8 Å². The summed E-state index contributed by atoms with van der Waals surface area (Å²) in [5, 5.41) is 3.21. The van der Waals surface area contributed by atoms with Gasteiger partial charge in [0.15, 0.2) is 0 Å². The molecule has 2 rings (SSSR count). The predicted molar refractivity (Wildman–Crippen MR) is 75.6 cm³/mol. The Morgan fingerprint density at radius 1 is 1.40 bits per heavy atom. The van der Waals surface area contributed by atoms with E-state index in [2.05, 4.69) is 15.3 Å². The van der Waals surface area contributed by atoms with Gasteiger partial charge in [-0.3, -0.25) is 0 Å². The number of hydrogen-bond acceptors (Lipinski definition) is 4. The van der Waals surface area contributed by atoms with E-state index in [0.29, 0.717) is 12.3 Å². The highest BCUT2D eigenvalue weighted by atomic mass is 35.5. The van der Waals surface area contributed by atoms with Gasteiger partial charge in [0.1, 0.15) is 11.6 Å². The van der Waals surface area contributed by atoms with Crippen LogP contribution in [0.15, 0.2) is 24.4 Å². The molecule has 0 spiro atoms. The first kappa shape index (κ1) is 14.7. The zero-order valence-corrected chi connectivity index (χ0v) is 12.0. The van der Waals surface area contributed by atoms with Gasteiger partial charge in [0.05, 0.1) is 5.02 Å². The Morgan fingerprint density at radius 2 is 2.20 bits per heavy atom. The quantitative estimate of drug-likeness (QED) is 0.917. The fraction of sp³-hybridized carbons (Fsp3) is 0.286. The van der Waals surface area contributed by atoms with Gasteiger partial charge in [0, 0.05) is 30.1 Å². The molecule has 0 amide bonds. The Balaban J connectivity index is 2.13. The monoisotopic (exact) mass is 295 g/mol. The number of rotatable bonds is 5. The molecule has 1 heterocycles. The second-order valence-electron chi connectivity index (χ2n) is 4.22. The van der Waals surface area contributed by atoms with Crippen LogP contribution in [0.2, 0.25) is 5.02 Å². The summed E-state index contributed by atoms with van der Waals surface area (Å²) in [5.74, 6) is -0.0904. The van der Waals surface area contributed by atoms with Gasteiger partial charge >= 0.3 is 6.01 Å². The SMILES string of the molecule is CCNCc1cnc(Oc2ccc(F)c(Cl)c2)nc1C. The standard InChI is InChI=1S/C14H15ClFN3O/c1-3-17-7-10-8-18-14(19-9(10)2)20-11-4-5-13(16)12(15)6-11/h4-6,8,17H,3,7H2,1-2H3. The van der Waals surface area contributed by atoms with Crippen molar-refractivity contribution in [2.75, 3.05) is 6.54 Å². The second kappa shape index (κ2) is 6.63. The van der Waals surface area contributed by atoms with Gasteiger partial charge in [-0.25, -0.2) is 9.37 Å². The van der Waals surface area contributed by atoms with E-state index in [-0.39, 0.29) is 11.0 Å². The van der Waals surface area contributed by atoms with Crippen LogP contribution in [0.3, 0.4) is 0 Å². The maximum Gasteiger partial charge on any atom is 0.322 e. The zero-order valence-electron chi connectivity index (χ0n) is 11.3. The van der Waals surface area contributed by atoms with Crippen molar-refractivity contribution in [3.8, 4) is 11.8 Å². The lowest BCUT2D eigenvalue weighted by Crippen LogP contribution is -2.13. The molecule has 20 heavy (non-hydrogen) atoms. The summed E-state index contributed by atoms with van der Waals surface area (Å²) in [6, 6.07) is 4.32. The molecular formula is C14H15ClFN3O. The van der Waals surface area contributed by atoms with Crippen LogP contribution in [0.25, 0.3) is 0 Å². The number of ether oxygens (including phenoxy) is 1. The lowest BCUT2D eigenvalue weighted by molar-refractivity contribution is 0.438. The minimum Gasteiger partial charge on any atom is -0.424 e. The van der Waals surface area contributed by atoms with Gasteiger partial charge < -0.3 is 10.1 Å².